The van der Waals surface area contributed by atoms with Gasteiger partial charge >= 0.3 is 6.18 Å². The molecule has 0 saturated heterocycles. The van der Waals surface area contributed by atoms with Crippen LogP contribution in [0.2, 0.25) is 0 Å². The Labute approximate surface area is 155 Å². The van der Waals surface area contributed by atoms with Crippen LogP contribution in [0.4, 0.5) is 18.9 Å². The number of carbonyl (C=O) groups is 1. The summed E-state index contributed by atoms with van der Waals surface area (Å²) in [7, 11) is 1.40. The Morgan fingerprint density at radius 2 is 2.07 bits per heavy atom. The Bertz CT molecular complexity index is 774. The zero-order valence-electron chi connectivity index (χ0n) is 14.8. The van der Waals surface area contributed by atoms with Gasteiger partial charge in [0.1, 0.15) is 6.07 Å². The number of pyridine rings is 1. The lowest BCUT2D eigenvalue weighted by atomic mass is 9.81. The van der Waals surface area contributed by atoms with E-state index in [1.807, 2.05) is 12.1 Å². The molecule has 8 heteroatoms. The van der Waals surface area contributed by atoms with Crippen LogP contribution >= 0.6 is 0 Å². The van der Waals surface area contributed by atoms with E-state index >= 15 is 0 Å². The molecule has 1 amide bonds. The summed E-state index contributed by atoms with van der Waals surface area (Å²) in [5.41, 5.74) is 0.724. The summed E-state index contributed by atoms with van der Waals surface area (Å²) in [6.07, 6.45) is 1.60. The molecule has 1 aromatic rings. The van der Waals surface area contributed by atoms with Crippen molar-refractivity contribution in [1.29, 1.82) is 5.26 Å². The highest BCUT2D eigenvalue weighted by Crippen LogP contribution is 2.40. The molecule has 1 heterocycles. The lowest BCUT2D eigenvalue weighted by molar-refractivity contribution is -0.183. The quantitative estimate of drug-likeness (QED) is 0.766. The molecule has 1 saturated carbocycles. The third-order valence-electron chi connectivity index (χ3n) is 4.54. The van der Waals surface area contributed by atoms with E-state index in [0.29, 0.717) is 18.4 Å². The van der Waals surface area contributed by atoms with Crippen molar-refractivity contribution < 1.29 is 22.7 Å². The molecule has 1 N–H and O–H groups in total. The van der Waals surface area contributed by atoms with Crippen LogP contribution in [0.1, 0.15) is 36.9 Å². The number of hydrogen-bond donors (Lipinski definition) is 1. The maximum absolute atomic E-state index is 12.8. The lowest BCUT2D eigenvalue weighted by Gasteiger charge is -2.28. The first-order valence-corrected chi connectivity index (χ1v) is 8.46. The Morgan fingerprint density at radius 3 is 2.59 bits per heavy atom. The highest BCUT2D eigenvalue weighted by atomic mass is 19.4. The standard InChI is InChI=1S/C19H20F3N3O2/c1-3-17(26)24-15-10-13(18(27-2)25-16(15)11-23)7-4-12-5-8-14(9-6-12)19(20,21)22/h3-4,7,10,12,14H,1,5-6,8-9H2,2H3,(H,24,26). The van der Waals surface area contributed by atoms with Crippen molar-refractivity contribution in [3.05, 3.63) is 36.1 Å². The van der Waals surface area contributed by atoms with Crippen molar-refractivity contribution in [3.63, 3.8) is 0 Å². The van der Waals surface area contributed by atoms with E-state index in [0.717, 1.165) is 6.08 Å². The van der Waals surface area contributed by atoms with Gasteiger partial charge in [-0.15, -0.1) is 0 Å². The van der Waals surface area contributed by atoms with Gasteiger partial charge in [-0.1, -0.05) is 18.7 Å². The van der Waals surface area contributed by atoms with Gasteiger partial charge in [-0.3, -0.25) is 4.79 Å². The topological polar surface area (TPSA) is 75.0 Å². The lowest BCUT2D eigenvalue weighted by Crippen LogP contribution is -2.27. The smallest absolute Gasteiger partial charge is 0.391 e. The van der Waals surface area contributed by atoms with Gasteiger partial charge in [0.2, 0.25) is 11.8 Å². The van der Waals surface area contributed by atoms with E-state index in [4.69, 9.17) is 4.74 Å². The summed E-state index contributed by atoms with van der Waals surface area (Å²) in [6, 6.07) is 3.43. The van der Waals surface area contributed by atoms with E-state index in [1.54, 1.807) is 12.1 Å². The van der Waals surface area contributed by atoms with E-state index in [9.17, 15) is 23.2 Å². The van der Waals surface area contributed by atoms with E-state index < -0.39 is 18.0 Å². The summed E-state index contributed by atoms with van der Waals surface area (Å²) >= 11 is 0. The van der Waals surface area contributed by atoms with Crippen molar-refractivity contribution in [2.24, 2.45) is 11.8 Å². The molecule has 27 heavy (non-hydrogen) atoms. The highest BCUT2D eigenvalue weighted by Gasteiger charge is 2.40. The Kier molecular flexibility index (Phi) is 6.61. The fourth-order valence-electron chi connectivity index (χ4n) is 3.04. The van der Waals surface area contributed by atoms with Crippen molar-refractivity contribution >= 4 is 17.7 Å². The van der Waals surface area contributed by atoms with Gasteiger partial charge in [-0.2, -0.15) is 23.4 Å². The minimum absolute atomic E-state index is 0.00937. The second-order valence-electron chi connectivity index (χ2n) is 6.30. The van der Waals surface area contributed by atoms with Gasteiger partial charge in [-0.25, -0.2) is 0 Å². The zero-order valence-corrected chi connectivity index (χ0v) is 14.8. The van der Waals surface area contributed by atoms with E-state index in [1.165, 1.54) is 7.11 Å². The molecule has 0 bridgehead atoms. The summed E-state index contributed by atoms with van der Waals surface area (Å²) < 4.78 is 43.5. The Morgan fingerprint density at radius 1 is 1.41 bits per heavy atom. The van der Waals surface area contributed by atoms with Gasteiger partial charge < -0.3 is 10.1 Å². The van der Waals surface area contributed by atoms with Gasteiger partial charge in [0, 0.05) is 5.56 Å². The number of rotatable bonds is 5. The van der Waals surface area contributed by atoms with Crippen molar-refractivity contribution in [3.8, 4) is 11.9 Å². The van der Waals surface area contributed by atoms with Crippen molar-refractivity contribution in [2.45, 2.75) is 31.9 Å². The number of hydrogen-bond acceptors (Lipinski definition) is 4. The van der Waals surface area contributed by atoms with Crippen LogP contribution in [0.5, 0.6) is 5.88 Å². The first-order valence-electron chi connectivity index (χ1n) is 8.46. The number of nitrogens with one attached hydrogen (secondary N) is 1. The summed E-state index contributed by atoms with van der Waals surface area (Å²) in [5.74, 6) is -1.49. The summed E-state index contributed by atoms with van der Waals surface area (Å²) in [5, 5.41) is 11.7. The van der Waals surface area contributed by atoms with Gasteiger partial charge in [0.05, 0.1) is 18.7 Å². The van der Waals surface area contributed by atoms with Crippen LogP contribution in [0.15, 0.2) is 24.8 Å². The van der Waals surface area contributed by atoms with Crippen LogP contribution in [0.3, 0.4) is 0 Å². The Hall–Kier alpha value is -2.82. The van der Waals surface area contributed by atoms with E-state index in [-0.39, 0.29) is 36.0 Å². The van der Waals surface area contributed by atoms with Crippen LogP contribution in [0.25, 0.3) is 6.08 Å². The number of methoxy groups -OCH3 is 1. The predicted octanol–water partition coefficient (Wildman–Crippen LogP) is 4.47. The van der Waals surface area contributed by atoms with Crippen LogP contribution in [-0.2, 0) is 4.79 Å². The van der Waals surface area contributed by atoms with Crippen molar-refractivity contribution in [1.82, 2.24) is 4.98 Å². The molecule has 5 nitrogen and oxygen atoms in total. The third-order valence-corrected chi connectivity index (χ3v) is 4.54. The van der Waals surface area contributed by atoms with Gasteiger partial charge in [0.15, 0.2) is 5.69 Å². The predicted molar refractivity (Wildman–Crippen MR) is 94.9 cm³/mol. The number of carbonyl (C=O) groups excluding carboxylic acids is 1. The number of nitrogens with zero attached hydrogens (tertiary/aromatic N) is 2. The number of ether oxygens (including phenoxy) is 1. The first kappa shape index (κ1) is 20.5. The molecule has 0 atom stereocenters. The number of halogens is 3. The molecule has 0 aliphatic heterocycles. The SMILES string of the molecule is C=CC(=O)Nc1cc(C=CC2CCC(C(F)(F)F)CC2)c(OC)nc1C#N. The molecule has 2 rings (SSSR count). The van der Waals surface area contributed by atoms with E-state index in [2.05, 4.69) is 16.9 Å². The molecule has 1 aromatic heterocycles. The highest BCUT2D eigenvalue weighted by molar-refractivity contribution is 5.99. The third kappa shape index (κ3) is 5.33. The zero-order chi connectivity index (χ0) is 20.0. The number of allylic oxidation sites excluding steroid dienone is 1. The second-order valence-corrected chi connectivity index (χ2v) is 6.30. The molecule has 0 aromatic carbocycles. The van der Waals surface area contributed by atoms with Crippen LogP contribution in [0, 0.1) is 23.2 Å². The second kappa shape index (κ2) is 8.71. The average Bonchev–Trinajstić information content (AvgIpc) is 2.65. The maximum atomic E-state index is 12.8. The number of amides is 1. The number of nitriles is 1. The van der Waals surface area contributed by atoms with Crippen LogP contribution < -0.4 is 10.1 Å². The fourth-order valence-corrected chi connectivity index (χ4v) is 3.04. The van der Waals surface area contributed by atoms with Gasteiger partial charge in [0.25, 0.3) is 0 Å². The Balaban J connectivity index is 2.18. The molecule has 1 aliphatic rings. The fraction of sp³-hybridized carbons (Fsp3) is 0.421. The number of anilines is 1. The normalized spacial score (nSPS) is 20.1. The number of alkyl halides is 3. The van der Waals surface area contributed by atoms with Crippen LogP contribution in [-0.4, -0.2) is 24.2 Å². The van der Waals surface area contributed by atoms with Crippen molar-refractivity contribution in [2.75, 3.05) is 12.4 Å². The monoisotopic (exact) mass is 379 g/mol. The molecule has 0 unspecified atom stereocenters. The minimum atomic E-state index is -4.13. The molecular weight excluding hydrogens is 359 g/mol. The molecule has 0 spiro atoms. The van der Waals surface area contributed by atoms with Gasteiger partial charge in [-0.05, 0) is 43.7 Å². The number of aromatic nitrogens is 1. The maximum Gasteiger partial charge on any atom is 0.391 e. The summed E-state index contributed by atoms with van der Waals surface area (Å²) in [6.45, 7) is 3.36. The molecular formula is C19H20F3N3O2. The average molecular weight is 379 g/mol. The minimum Gasteiger partial charge on any atom is -0.481 e. The molecule has 0 radical (unpaired) electrons. The molecule has 1 fully saturated rings. The largest absolute Gasteiger partial charge is 0.481 e. The first-order chi connectivity index (χ1) is 12.8. The molecule has 144 valence electrons. The molecule has 1 aliphatic carbocycles. The summed E-state index contributed by atoms with van der Waals surface area (Å²) in [4.78, 5) is 15.6.